The highest BCUT2D eigenvalue weighted by Gasteiger charge is 2.34. The van der Waals surface area contributed by atoms with Gasteiger partial charge in [-0.1, -0.05) is 32.3 Å². The second-order valence-electron chi connectivity index (χ2n) is 7.33. The summed E-state index contributed by atoms with van der Waals surface area (Å²) in [7, 11) is 0. The van der Waals surface area contributed by atoms with E-state index in [9.17, 15) is 9.90 Å². The summed E-state index contributed by atoms with van der Waals surface area (Å²) in [6.07, 6.45) is 14.2. The molecule has 21 heavy (non-hydrogen) atoms. The normalized spacial score (nSPS) is 35.1. The Morgan fingerprint density at radius 1 is 1.10 bits per heavy atom. The predicted octanol–water partition coefficient (Wildman–Crippen LogP) is 5.29. The largest absolute Gasteiger partial charge is 0.481 e. The molecule has 2 aliphatic rings. The van der Waals surface area contributed by atoms with Gasteiger partial charge in [0, 0.05) is 0 Å². The lowest BCUT2D eigenvalue weighted by molar-refractivity contribution is -0.144. The van der Waals surface area contributed by atoms with Crippen LogP contribution in [0.15, 0.2) is 12.7 Å². The van der Waals surface area contributed by atoms with Crippen LogP contribution in [0.2, 0.25) is 0 Å². The first-order chi connectivity index (χ1) is 10.2. The van der Waals surface area contributed by atoms with Crippen LogP contribution in [0.4, 0.5) is 0 Å². The molecule has 0 aromatic rings. The minimum absolute atomic E-state index is 0.195. The zero-order chi connectivity index (χ0) is 15.2. The van der Waals surface area contributed by atoms with Gasteiger partial charge in [0.05, 0.1) is 5.92 Å². The van der Waals surface area contributed by atoms with Crippen molar-refractivity contribution in [2.45, 2.75) is 71.1 Å². The quantitative estimate of drug-likeness (QED) is 0.676. The summed E-state index contributed by atoms with van der Waals surface area (Å²) in [5, 5.41) is 9.38. The van der Waals surface area contributed by atoms with Crippen molar-refractivity contribution < 1.29 is 9.90 Å². The lowest BCUT2D eigenvalue weighted by Gasteiger charge is -2.38. The summed E-state index contributed by atoms with van der Waals surface area (Å²) >= 11 is 0. The van der Waals surface area contributed by atoms with Crippen molar-refractivity contribution in [1.82, 2.24) is 0 Å². The van der Waals surface area contributed by atoms with Crippen LogP contribution in [-0.2, 0) is 4.79 Å². The van der Waals surface area contributed by atoms with Gasteiger partial charge in [-0.3, -0.25) is 4.79 Å². The first-order valence-electron chi connectivity index (χ1n) is 8.99. The lowest BCUT2D eigenvalue weighted by atomic mass is 9.67. The van der Waals surface area contributed by atoms with Crippen molar-refractivity contribution in [3.05, 3.63) is 12.7 Å². The number of hydrogen-bond acceptors (Lipinski definition) is 1. The third-order valence-electron chi connectivity index (χ3n) is 6.26. The number of allylic oxidation sites excluding steroid dienone is 1. The third kappa shape index (κ3) is 4.34. The average molecular weight is 292 g/mol. The first-order valence-corrected chi connectivity index (χ1v) is 8.99. The second-order valence-corrected chi connectivity index (χ2v) is 7.33. The molecule has 0 saturated heterocycles. The van der Waals surface area contributed by atoms with Crippen molar-refractivity contribution in [2.24, 2.45) is 29.6 Å². The van der Waals surface area contributed by atoms with Gasteiger partial charge in [0.2, 0.25) is 0 Å². The minimum Gasteiger partial charge on any atom is -0.481 e. The fourth-order valence-corrected chi connectivity index (χ4v) is 4.76. The lowest BCUT2D eigenvalue weighted by Crippen LogP contribution is -2.30. The Hall–Kier alpha value is -0.790. The SMILES string of the molecule is C=CCC(C(=O)O)C1CCC([C@H]2CC[C@H](CC)CC2)CC1. The molecule has 0 radical (unpaired) electrons. The van der Waals surface area contributed by atoms with Gasteiger partial charge < -0.3 is 5.11 Å². The number of carbonyl (C=O) groups is 1. The van der Waals surface area contributed by atoms with E-state index in [4.69, 9.17) is 0 Å². The van der Waals surface area contributed by atoms with Crippen LogP contribution >= 0.6 is 0 Å². The van der Waals surface area contributed by atoms with E-state index in [0.717, 1.165) is 30.6 Å². The van der Waals surface area contributed by atoms with Gasteiger partial charge in [-0.05, 0) is 68.6 Å². The molecular formula is C19H32O2. The predicted molar refractivity (Wildman–Crippen MR) is 87.1 cm³/mol. The van der Waals surface area contributed by atoms with Crippen LogP contribution in [0.3, 0.4) is 0 Å². The number of hydrogen-bond donors (Lipinski definition) is 1. The minimum atomic E-state index is -0.623. The van der Waals surface area contributed by atoms with E-state index in [1.807, 2.05) is 0 Å². The van der Waals surface area contributed by atoms with E-state index in [2.05, 4.69) is 13.5 Å². The zero-order valence-electron chi connectivity index (χ0n) is 13.6. The summed E-state index contributed by atoms with van der Waals surface area (Å²) in [5.74, 6) is 2.33. The molecule has 0 bridgehead atoms. The highest BCUT2D eigenvalue weighted by atomic mass is 16.4. The monoisotopic (exact) mass is 292 g/mol. The van der Waals surface area contributed by atoms with Gasteiger partial charge in [-0.25, -0.2) is 0 Å². The van der Waals surface area contributed by atoms with E-state index < -0.39 is 5.97 Å². The molecule has 0 heterocycles. The van der Waals surface area contributed by atoms with E-state index in [-0.39, 0.29) is 5.92 Å². The summed E-state index contributed by atoms with van der Waals surface area (Å²) in [5.41, 5.74) is 0. The molecule has 0 aromatic heterocycles. The highest BCUT2D eigenvalue weighted by Crippen LogP contribution is 2.43. The summed E-state index contributed by atoms with van der Waals surface area (Å²) in [6.45, 7) is 6.04. The molecule has 2 nitrogen and oxygen atoms in total. The molecule has 120 valence electrons. The number of carboxylic acids is 1. The van der Waals surface area contributed by atoms with Crippen LogP contribution in [0.1, 0.15) is 71.1 Å². The Morgan fingerprint density at radius 2 is 1.62 bits per heavy atom. The molecule has 1 N–H and O–H groups in total. The number of rotatable bonds is 6. The van der Waals surface area contributed by atoms with Gasteiger partial charge in [-0.2, -0.15) is 0 Å². The summed E-state index contributed by atoms with van der Waals surface area (Å²) < 4.78 is 0. The third-order valence-corrected chi connectivity index (χ3v) is 6.26. The van der Waals surface area contributed by atoms with Crippen molar-refractivity contribution in [3.8, 4) is 0 Å². The van der Waals surface area contributed by atoms with Gasteiger partial charge in [0.1, 0.15) is 0 Å². The van der Waals surface area contributed by atoms with Gasteiger partial charge in [0.25, 0.3) is 0 Å². The van der Waals surface area contributed by atoms with Gasteiger partial charge in [0.15, 0.2) is 0 Å². The number of aliphatic carboxylic acids is 1. The standard InChI is InChI=1S/C19H32O2/c1-3-5-18(19(20)21)17-12-10-16(11-13-17)15-8-6-14(4-2)7-9-15/h3,14-18H,1,4-13H2,2H3,(H,20,21)/t14-,15-,16?,17?,18?. The Balaban J connectivity index is 1.80. The average Bonchev–Trinajstić information content (AvgIpc) is 2.53. The maximum atomic E-state index is 11.4. The zero-order valence-corrected chi connectivity index (χ0v) is 13.6. The van der Waals surface area contributed by atoms with Crippen molar-refractivity contribution in [2.75, 3.05) is 0 Å². The maximum Gasteiger partial charge on any atom is 0.307 e. The molecule has 1 unspecified atom stereocenters. The fourth-order valence-electron chi connectivity index (χ4n) is 4.76. The molecule has 2 rings (SSSR count). The maximum absolute atomic E-state index is 11.4. The van der Waals surface area contributed by atoms with Gasteiger partial charge >= 0.3 is 5.97 Å². The molecule has 0 aromatic carbocycles. The second kappa shape index (κ2) is 8.00. The fraction of sp³-hybridized carbons (Fsp3) is 0.842. The van der Waals surface area contributed by atoms with E-state index in [0.29, 0.717) is 12.3 Å². The highest BCUT2D eigenvalue weighted by molar-refractivity contribution is 5.70. The molecule has 0 spiro atoms. The van der Waals surface area contributed by atoms with E-state index >= 15 is 0 Å². The van der Waals surface area contributed by atoms with E-state index in [1.165, 1.54) is 44.9 Å². The van der Waals surface area contributed by atoms with Crippen LogP contribution in [0, 0.1) is 29.6 Å². The molecule has 2 fully saturated rings. The number of carboxylic acid groups (broad SMARTS) is 1. The topological polar surface area (TPSA) is 37.3 Å². The van der Waals surface area contributed by atoms with Crippen LogP contribution in [-0.4, -0.2) is 11.1 Å². The molecule has 0 amide bonds. The molecule has 2 heteroatoms. The van der Waals surface area contributed by atoms with E-state index in [1.54, 1.807) is 6.08 Å². The van der Waals surface area contributed by atoms with Crippen LogP contribution < -0.4 is 0 Å². The molecule has 2 saturated carbocycles. The molecular weight excluding hydrogens is 260 g/mol. The summed E-state index contributed by atoms with van der Waals surface area (Å²) in [4.78, 5) is 11.4. The molecule has 0 aliphatic heterocycles. The smallest absolute Gasteiger partial charge is 0.307 e. The Morgan fingerprint density at radius 3 is 2.05 bits per heavy atom. The van der Waals surface area contributed by atoms with Crippen LogP contribution in [0.25, 0.3) is 0 Å². The summed E-state index contributed by atoms with van der Waals surface area (Å²) in [6, 6.07) is 0. The van der Waals surface area contributed by atoms with Crippen molar-refractivity contribution in [1.29, 1.82) is 0 Å². The Labute approximate surface area is 130 Å². The van der Waals surface area contributed by atoms with Crippen molar-refractivity contribution in [3.63, 3.8) is 0 Å². The Bertz CT molecular complexity index is 333. The van der Waals surface area contributed by atoms with Gasteiger partial charge in [-0.15, -0.1) is 6.58 Å². The molecule has 1 atom stereocenters. The van der Waals surface area contributed by atoms with Crippen LogP contribution in [0.5, 0.6) is 0 Å². The first kappa shape index (κ1) is 16.6. The molecule has 2 aliphatic carbocycles. The van der Waals surface area contributed by atoms with Crippen molar-refractivity contribution >= 4 is 5.97 Å². The Kier molecular flexibility index (Phi) is 6.32.